The number of carbonyl (C=O) groups excluding carboxylic acids is 2. The lowest BCUT2D eigenvalue weighted by molar-refractivity contribution is -0.140. The minimum Gasteiger partial charge on any atom is -0.469 e. The molecular weight excluding hydrogens is 322 g/mol. The van der Waals surface area contributed by atoms with Crippen LogP contribution >= 0.6 is 0 Å². The van der Waals surface area contributed by atoms with Crippen molar-refractivity contribution in [1.82, 2.24) is 9.55 Å². The van der Waals surface area contributed by atoms with Gasteiger partial charge in [-0.2, -0.15) is 4.98 Å². The van der Waals surface area contributed by atoms with E-state index >= 15 is 0 Å². The first-order valence-electron chi connectivity index (χ1n) is 7.37. The number of ether oxygens (including phenoxy) is 3. The molecular formula is C14H19N3O7. The Balaban J connectivity index is 1.89. The highest BCUT2D eigenvalue weighted by atomic mass is 16.7. The number of hydrogen-bond donors (Lipinski definition) is 2. The highest BCUT2D eigenvalue weighted by Gasteiger charge is 2.27. The van der Waals surface area contributed by atoms with Crippen molar-refractivity contribution in [3.63, 3.8) is 0 Å². The van der Waals surface area contributed by atoms with Gasteiger partial charge in [0.15, 0.2) is 12.5 Å². The van der Waals surface area contributed by atoms with Gasteiger partial charge in [-0.25, -0.2) is 4.79 Å². The Hall–Kier alpha value is -2.30. The molecule has 0 aliphatic carbocycles. The lowest BCUT2D eigenvalue weighted by Crippen LogP contribution is -2.29. The first-order valence-corrected chi connectivity index (χ1v) is 7.37. The molecule has 0 saturated carbocycles. The zero-order valence-electron chi connectivity index (χ0n) is 13.1. The Morgan fingerprint density at radius 3 is 2.92 bits per heavy atom. The van der Waals surface area contributed by atoms with Crippen molar-refractivity contribution in [3.8, 4) is 0 Å². The van der Waals surface area contributed by atoms with Crippen molar-refractivity contribution in [1.29, 1.82) is 0 Å². The zero-order valence-corrected chi connectivity index (χ0v) is 13.1. The van der Waals surface area contributed by atoms with E-state index in [-0.39, 0.29) is 43.7 Å². The topological polar surface area (TPSA) is 129 Å². The van der Waals surface area contributed by atoms with Crippen molar-refractivity contribution in [3.05, 3.63) is 22.7 Å². The Kier molecular flexibility index (Phi) is 6.41. The van der Waals surface area contributed by atoms with Crippen LogP contribution in [0.4, 0.5) is 5.82 Å². The molecule has 132 valence electrons. The van der Waals surface area contributed by atoms with Crippen LogP contribution in [-0.2, 0) is 23.8 Å². The lowest BCUT2D eigenvalue weighted by atomic mass is 10.2. The summed E-state index contributed by atoms with van der Waals surface area (Å²) in [5.41, 5.74) is -0.616. The van der Waals surface area contributed by atoms with Gasteiger partial charge in [-0.3, -0.25) is 14.2 Å². The predicted octanol–water partition coefficient (Wildman–Crippen LogP) is -0.611. The summed E-state index contributed by atoms with van der Waals surface area (Å²) in [5.74, 6) is -0.634. The molecule has 1 aromatic heterocycles. The second kappa shape index (κ2) is 8.52. The summed E-state index contributed by atoms with van der Waals surface area (Å²) in [7, 11) is 1.28. The average molecular weight is 341 g/mol. The molecule has 2 atom stereocenters. The predicted molar refractivity (Wildman–Crippen MR) is 79.9 cm³/mol. The normalized spacial score (nSPS) is 19.9. The van der Waals surface area contributed by atoms with Gasteiger partial charge in [0, 0.05) is 19.0 Å². The molecule has 2 unspecified atom stereocenters. The summed E-state index contributed by atoms with van der Waals surface area (Å²) < 4.78 is 16.1. The maximum atomic E-state index is 12.0. The zero-order chi connectivity index (χ0) is 17.5. The van der Waals surface area contributed by atoms with Gasteiger partial charge in [-0.05, 0) is 12.5 Å². The molecule has 0 aromatic carbocycles. The number of nitrogens with one attached hydrogen (secondary N) is 1. The first-order chi connectivity index (χ1) is 11.5. The van der Waals surface area contributed by atoms with E-state index in [1.807, 2.05) is 0 Å². The van der Waals surface area contributed by atoms with Crippen LogP contribution < -0.4 is 11.0 Å². The van der Waals surface area contributed by atoms with Crippen LogP contribution in [0, 0.1) is 0 Å². The summed E-state index contributed by atoms with van der Waals surface area (Å²) in [6.07, 6.45) is 0.572. The van der Waals surface area contributed by atoms with Crippen molar-refractivity contribution in [2.75, 3.05) is 25.6 Å². The van der Waals surface area contributed by atoms with Gasteiger partial charge in [0.2, 0.25) is 5.91 Å². The number of rotatable bonds is 7. The van der Waals surface area contributed by atoms with Gasteiger partial charge < -0.3 is 24.6 Å². The Morgan fingerprint density at radius 2 is 2.29 bits per heavy atom. The number of aliphatic hydroxyl groups excluding tert-OH is 1. The molecule has 0 radical (unpaired) electrons. The number of methoxy groups -OCH3 is 1. The van der Waals surface area contributed by atoms with Gasteiger partial charge in [0.1, 0.15) is 5.82 Å². The highest BCUT2D eigenvalue weighted by molar-refractivity contribution is 5.89. The van der Waals surface area contributed by atoms with Crippen LogP contribution in [0.2, 0.25) is 0 Å². The van der Waals surface area contributed by atoms with E-state index in [0.717, 1.165) is 0 Å². The molecule has 1 aliphatic heterocycles. The molecule has 10 heteroatoms. The van der Waals surface area contributed by atoms with Crippen molar-refractivity contribution < 1.29 is 28.9 Å². The summed E-state index contributed by atoms with van der Waals surface area (Å²) in [6, 6.07) is 1.45. The molecule has 1 amide bonds. The smallest absolute Gasteiger partial charge is 0.351 e. The number of anilines is 1. The van der Waals surface area contributed by atoms with Gasteiger partial charge >= 0.3 is 11.7 Å². The van der Waals surface area contributed by atoms with Gasteiger partial charge in [0.25, 0.3) is 0 Å². The van der Waals surface area contributed by atoms with E-state index < -0.39 is 18.2 Å². The fourth-order valence-corrected chi connectivity index (χ4v) is 2.09. The quantitative estimate of drug-likeness (QED) is 0.628. The lowest BCUT2D eigenvalue weighted by Gasteiger charge is -2.12. The fourth-order valence-electron chi connectivity index (χ4n) is 2.09. The Bertz CT molecular complexity index is 646. The van der Waals surface area contributed by atoms with E-state index in [1.165, 1.54) is 23.9 Å². The summed E-state index contributed by atoms with van der Waals surface area (Å²) >= 11 is 0. The van der Waals surface area contributed by atoms with Crippen molar-refractivity contribution in [2.24, 2.45) is 0 Å². The highest BCUT2D eigenvalue weighted by Crippen LogP contribution is 2.19. The van der Waals surface area contributed by atoms with Gasteiger partial charge in [-0.1, -0.05) is 0 Å². The molecule has 2 N–H and O–H groups in total. The Morgan fingerprint density at radius 1 is 1.50 bits per heavy atom. The second-order valence-corrected chi connectivity index (χ2v) is 5.02. The maximum Gasteiger partial charge on any atom is 0.351 e. The standard InChI is InChI=1S/C14H19N3O7/c1-22-12(20)4-2-3-10(19)15-9-5-6-17(14(21)16-9)11-8-23-13(7-18)24-11/h5-6,11,13,18H,2-4,7-8H2,1H3,(H,15,16,19,21). The molecule has 0 spiro atoms. The van der Waals surface area contributed by atoms with Gasteiger partial charge in [-0.15, -0.1) is 0 Å². The molecule has 0 bridgehead atoms. The van der Waals surface area contributed by atoms with E-state index in [4.69, 9.17) is 14.6 Å². The fraction of sp³-hybridized carbons (Fsp3) is 0.571. The molecule has 10 nitrogen and oxygen atoms in total. The van der Waals surface area contributed by atoms with E-state index in [2.05, 4.69) is 15.0 Å². The molecule has 2 heterocycles. The van der Waals surface area contributed by atoms with E-state index in [9.17, 15) is 14.4 Å². The molecule has 24 heavy (non-hydrogen) atoms. The van der Waals surface area contributed by atoms with Crippen LogP contribution in [-0.4, -0.2) is 53.1 Å². The maximum absolute atomic E-state index is 12.0. The molecule has 1 fully saturated rings. The summed E-state index contributed by atoms with van der Waals surface area (Å²) in [6.45, 7) is -0.190. The van der Waals surface area contributed by atoms with Crippen LogP contribution in [0.3, 0.4) is 0 Å². The number of hydrogen-bond acceptors (Lipinski definition) is 8. The number of carbonyl (C=O) groups is 2. The molecule has 1 aromatic rings. The van der Waals surface area contributed by atoms with E-state index in [1.54, 1.807) is 0 Å². The number of amides is 1. The monoisotopic (exact) mass is 341 g/mol. The summed E-state index contributed by atoms with van der Waals surface area (Å²) in [4.78, 5) is 38.4. The third-order valence-electron chi connectivity index (χ3n) is 3.30. The SMILES string of the molecule is COC(=O)CCCC(=O)Nc1ccn(C2COC(CO)O2)c(=O)n1. The summed E-state index contributed by atoms with van der Waals surface area (Å²) in [5, 5.41) is 11.4. The minimum absolute atomic E-state index is 0.108. The molecule has 1 aliphatic rings. The minimum atomic E-state index is -0.768. The van der Waals surface area contributed by atoms with Crippen LogP contribution in [0.5, 0.6) is 0 Å². The van der Waals surface area contributed by atoms with Crippen LogP contribution in [0.15, 0.2) is 17.1 Å². The van der Waals surface area contributed by atoms with Crippen LogP contribution in [0.25, 0.3) is 0 Å². The van der Waals surface area contributed by atoms with Crippen LogP contribution in [0.1, 0.15) is 25.5 Å². The van der Waals surface area contributed by atoms with Gasteiger partial charge in [0.05, 0.1) is 20.3 Å². The third kappa shape index (κ3) is 4.85. The molecule has 1 saturated heterocycles. The Labute approximate surface area is 137 Å². The van der Waals surface area contributed by atoms with E-state index in [0.29, 0.717) is 6.42 Å². The largest absolute Gasteiger partial charge is 0.469 e. The number of aromatic nitrogens is 2. The number of aliphatic hydroxyl groups is 1. The molecule has 2 rings (SSSR count). The van der Waals surface area contributed by atoms with Crippen molar-refractivity contribution >= 4 is 17.7 Å². The second-order valence-electron chi connectivity index (χ2n) is 5.02. The number of nitrogens with zero attached hydrogens (tertiary/aromatic N) is 2. The van der Waals surface area contributed by atoms with Crippen molar-refractivity contribution in [2.45, 2.75) is 31.8 Å². The number of esters is 1. The average Bonchev–Trinajstić information content (AvgIpc) is 3.03. The first kappa shape index (κ1) is 18.0. The third-order valence-corrected chi connectivity index (χ3v) is 3.30.